The highest BCUT2D eigenvalue weighted by atomic mass is 32.2. The zero-order valence-corrected chi connectivity index (χ0v) is 24.2. The Bertz CT molecular complexity index is 1590. The lowest BCUT2D eigenvalue weighted by Crippen LogP contribution is -2.39. The Labute approximate surface area is 238 Å². The molecule has 3 N–H and O–H groups in total. The quantitative estimate of drug-likeness (QED) is 0.308. The van der Waals surface area contributed by atoms with E-state index in [9.17, 15) is 22.4 Å². The summed E-state index contributed by atoms with van der Waals surface area (Å²) in [5.41, 5.74) is 2.09. The first-order valence-corrected chi connectivity index (χ1v) is 15.0. The van der Waals surface area contributed by atoms with Gasteiger partial charge in [0.25, 0.3) is 5.56 Å². The SMILES string of the molecule is CCS(=O)(=O)Nc1ccc(Oc2c(C)cc(F)cc2C)c(-c2cn(C)c(=O)cc2OC2CCC(NC(=O)O)CC2)c1. The van der Waals surface area contributed by atoms with Crippen molar-refractivity contribution in [1.29, 1.82) is 0 Å². The van der Waals surface area contributed by atoms with Gasteiger partial charge < -0.3 is 24.5 Å². The number of rotatable bonds is 9. The first-order valence-electron chi connectivity index (χ1n) is 13.3. The van der Waals surface area contributed by atoms with E-state index < -0.39 is 16.1 Å². The van der Waals surface area contributed by atoms with Gasteiger partial charge in [-0.05, 0) is 87.9 Å². The molecule has 41 heavy (non-hydrogen) atoms. The van der Waals surface area contributed by atoms with Crippen LogP contribution in [0.2, 0.25) is 0 Å². The maximum absolute atomic E-state index is 14.0. The highest BCUT2D eigenvalue weighted by Gasteiger charge is 2.26. The molecule has 1 aliphatic rings. The minimum atomic E-state index is -3.59. The molecule has 0 radical (unpaired) electrons. The van der Waals surface area contributed by atoms with Gasteiger partial charge in [-0.1, -0.05) is 0 Å². The van der Waals surface area contributed by atoms with Gasteiger partial charge in [0, 0.05) is 42.2 Å². The second kappa shape index (κ2) is 12.2. The fourth-order valence-electron chi connectivity index (χ4n) is 4.90. The van der Waals surface area contributed by atoms with Gasteiger partial charge in [-0.3, -0.25) is 9.52 Å². The Morgan fingerprint density at radius 3 is 2.32 bits per heavy atom. The van der Waals surface area contributed by atoms with Crippen LogP contribution in [0, 0.1) is 19.7 Å². The number of amides is 1. The van der Waals surface area contributed by atoms with Gasteiger partial charge in [0.15, 0.2) is 0 Å². The van der Waals surface area contributed by atoms with Crippen molar-refractivity contribution in [3.05, 3.63) is 69.9 Å². The molecule has 0 atom stereocenters. The Kier molecular flexibility index (Phi) is 8.91. The van der Waals surface area contributed by atoms with Gasteiger partial charge in [0.05, 0.1) is 11.9 Å². The monoisotopic (exact) mass is 587 g/mol. The number of carboxylic acid groups (broad SMARTS) is 1. The first kappa shape index (κ1) is 29.9. The molecule has 1 heterocycles. The van der Waals surface area contributed by atoms with E-state index in [1.54, 1.807) is 45.3 Å². The van der Waals surface area contributed by atoms with Gasteiger partial charge in [0.1, 0.15) is 23.1 Å². The molecule has 1 amide bonds. The van der Waals surface area contributed by atoms with Gasteiger partial charge in [0.2, 0.25) is 10.0 Å². The minimum absolute atomic E-state index is 0.123. The Balaban J connectivity index is 1.78. The summed E-state index contributed by atoms with van der Waals surface area (Å²) in [6, 6.07) is 8.72. The maximum Gasteiger partial charge on any atom is 0.404 e. The summed E-state index contributed by atoms with van der Waals surface area (Å²) in [5, 5.41) is 11.5. The molecule has 0 bridgehead atoms. The number of pyridine rings is 1. The zero-order chi connectivity index (χ0) is 29.9. The summed E-state index contributed by atoms with van der Waals surface area (Å²) in [7, 11) is -2.00. The molecule has 1 saturated carbocycles. The molecule has 220 valence electrons. The van der Waals surface area contributed by atoms with E-state index >= 15 is 0 Å². The number of aryl methyl sites for hydroxylation is 3. The average Bonchev–Trinajstić information content (AvgIpc) is 2.89. The van der Waals surface area contributed by atoms with E-state index in [1.807, 2.05) is 0 Å². The fraction of sp³-hybridized carbons (Fsp3) is 0.379. The van der Waals surface area contributed by atoms with Gasteiger partial charge >= 0.3 is 6.09 Å². The molecule has 4 rings (SSSR count). The zero-order valence-electron chi connectivity index (χ0n) is 23.4. The van der Waals surface area contributed by atoms with Crippen LogP contribution in [-0.4, -0.2) is 42.1 Å². The van der Waals surface area contributed by atoms with Crippen molar-refractivity contribution >= 4 is 21.8 Å². The van der Waals surface area contributed by atoms with Crippen molar-refractivity contribution in [2.45, 2.75) is 58.6 Å². The van der Waals surface area contributed by atoms with Crippen molar-refractivity contribution in [3.63, 3.8) is 0 Å². The molecule has 0 aliphatic heterocycles. The number of nitrogens with one attached hydrogen (secondary N) is 2. The third-order valence-corrected chi connectivity index (χ3v) is 8.35. The summed E-state index contributed by atoms with van der Waals surface area (Å²) >= 11 is 0. The number of hydrogen-bond donors (Lipinski definition) is 3. The van der Waals surface area contributed by atoms with Crippen LogP contribution in [0.15, 0.2) is 47.4 Å². The number of hydrogen-bond acceptors (Lipinski definition) is 6. The van der Waals surface area contributed by atoms with Gasteiger partial charge in [-0.2, -0.15) is 0 Å². The highest BCUT2D eigenvalue weighted by Crippen LogP contribution is 2.42. The number of anilines is 1. The Morgan fingerprint density at radius 1 is 1.05 bits per heavy atom. The van der Waals surface area contributed by atoms with E-state index in [0.29, 0.717) is 65.1 Å². The van der Waals surface area contributed by atoms with Gasteiger partial charge in [-0.15, -0.1) is 0 Å². The molecule has 1 aliphatic carbocycles. The predicted octanol–water partition coefficient (Wildman–Crippen LogP) is 5.32. The van der Waals surface area contributed by atoms with Crippen LogP contribution in [0.1, 0.15) is 43.7 Å². The lowest BCUT2D eigenvalue weighted by Gasteiger charge is -2.29. The van der Waals surface area contributed by atoms with E-state index in [4.69, 9.17) is 14.6 Å². The number of nitrogens with zero attached hydrogens (tertiary/aromatic N) is 1. The lowest BCUT2D eigenvalue weighted by molar-refractivity contribution is 0.134. The predicted molar refractivity (Wildman–Crippen MR) is 154 cm³/mol. The molecule has 0 unspecified atom stereocenters. The van der Waals surface area contributed by atoms with Crippen LogP contribution in [-0.2, 0) is 17.1 Å². The smallest absolute Gasteiger partial charge is 0.404 e. The van der Waals surface area contributed by atoms with Crippen LogP contribution < -0.4 is 25.1 Å². The first-order chi connectivity index (χ1) is 19.3. The van der Waals surface area contributed by atoms with Crippen LogP contribution >= 0.6 is 0 Å². The molecule has 1 fully saturated rings. The Morgan fingerprint density at radius 2 is 1.71 bits per heavy atom. The summed E-state index contributed by atoms with van der Waals surface area (Å²) < 4.78 is 55.2. The van der Waals surface area contributed by atoms with Crippen molar-refractivity contribution in [2.75, 3.05) is 10.5 Å². The largest absolute Gasteiger partial charge is 0.490 e. The summed E-state index contributed by atoms with van der Waals surface area (Å²) in [5.74, 6) is 0.572. The molecule has 0 saturated heterocycles. The second-order valence-electron chi connectivity index (χ2n) is 10.2. The third-order valence-electron chi connectivity index (χ3n) is 7.05. The number of halogens is 1. The van der Waals surface area contributed by atoms with Crippen LogP contribution in [0.25, 0.3) is 11.1 Å². The molecular formula is C29H34FN3O7S. The van der Waals surface area contributed by atoms with Crippen LogP contribution in [0.4, 0.5) is 14.9 Å². The van der Waals surface area contributed by atoms with Crippen molar-refractivity contribution in [2.24, 2.45) is 7.05 Å². The number of carbonyl (C=O) groups is 1. The summed E-state index contributed by atoms with van der Waals surface area (Å²) in [6.07, 6.45) is 2.59. The molecule has 12 heteroatoms. The molecule has 3 aromatic rings. The van der Waals surface area contributed by atoms with E-state index in [2.05, 4.69) is 10.0 Å². The third kappa shape index (κ3) is 7.37. The van der Waals surface area contributed by atoms with E-state index in [0.717, 1.165) is 0 Å². The van der Waals surface area contributed by atoms with Crippen LogP contribution in [0.5, 0.6) is 17.2 Å². The average molecular weight is 588 g/mol. The normalized spacial score (nSPS) is 17.1. The highest BCUT2D eigenvalue weighted by molar-refractivity contribution is 7.92. The molecule has 10 nitrogen and oxygen atoms in total. The number of aromatic nitrogens is 1. The molecule has 0 spiro atoms. The standard InChI is InChI=1S/C29H34FN3O7S/c1-5-41(37,38)32-21-8-11-25(40-28-17(2)12-19(30)13-18(28)3)23(14-21)24-16-33(4)27(34)15-26(24)39-22-9-6-20(7-10-22)31-29(35)36/h8,11-16,20,22,31-32H,5-7,9-10H2,1-4H3,(H,35,36). The van der Waals surface area contributed by atoms with Crippen molar-refractivity contribution in [3.8, 4) is 28.4 Å². The summed E-state index contributed by atoms with van der Waals surface area (Å²) in [6.45, 7) is 4.98. The topological polar surface area (TPSA) is 136 Å². The minimum Gasteiger partial charge on any atom is -0.490 e. The van der Waals surface area contributed by atoms with E-state index in [1.165, 1.54) is 29.7 Å². The molecular weight excluding hydrogens is 553 g/mol. The summed E-state index contributed by atoms with van der Waals surface area (Å²) in [4.78, 5) is 23.7. The molecule has 2 aromatic carbocycles. The fourth-order valence-corrected chi connectivity index (χ4v) is 5.54. The van der Waals surface area contributed by atoms with Gasteiger partial charge in [-0.25, -0.2) is 17.6 Å². The Hall–Kier alpha value is -4.06. The molecule has 1 aromatic heterocycles. The maximum atomic E-state index is 14.0. The number of sulfonamides is 1. The van der Waals surface area contributed by atoms with Crippen molar-refractivity contribution < 1.29 is 32.2 Å². The van der Waals surface area contributed by atoms with Crippen molar-refractivity contribution in [1.82, 2.24) is 9.88 Å². The van der Waals surface area contributed by atoms with Crippen LogP contribution in [0.3, 0.4) is 0 Å². The number of benzene rings is 2. The second-order valence-corrected chi connectivity index (χ2v) is 12.2. The lowest BCUT2D eigenvalue weighted by atomic mass is 9.93. The number of ether oxygens (including phenoxy) is 2. The van der Waals surface area contributed by atoms with E-state index in [-0.39, 0.29) is 35.0 Å².